The summed E-state index contributed by atoms with van der Waals surface area (Å²) in [6, 6.07) is 8.06. The van der Waals surface area contributed by atoms with Crippen molar-refractivity contribution in [3.05, 3.63) is 35.7 Å². The van der Waals surface area contributed by atoms with Gasteiger partial charge in [0, 0.05) is 11.3 Å². The fourth-order valence-electron chi connectivity index (χ4n) is 1.73. The quantitative estimate of drug-likeness (QED) is 0.867. The SMILES string of the molecule is Cc1cccc(-c2nnc(CSC3=NCCS3)o2)c1. The summed E-state index contributed by atoms with van der Waals surface area (Å²) in [5.41, 5.74) is 2.15. The zero-order chi connectivity index (χ0) is 13.1. The van der Waals surface area contributed by atoms with Gasteiger partial charge in [0.25, 0.3) is 0 Å². The minimum atomic E-state index is 0.584. The highest BCUT2D eigenvalue weighted by Crippen LogP contribution is 2.26. The third kappa shape index (κ3) is 3.19. The molecule has 1 aromatic heterocycles. The smallest absolute Gasteiger partial charge is 0.247 e. The average molecular weight is 291 g/mol. The van der Waals surface area contributed by atoms with E-state index in [1.54, 1.807) is 23.5 Å². The van der Waals surface area contributed by atoms with E-state index in [1.165, 1.54) is 5.56 Å². The Kier molecular flexibility index (Phi) is 3.89. The highest BCUT2D eigenvalue weighted by Gasteiger charge is 2.12. The molecular formula is C13H13N3OS2. The lowest BCUT2D eigenvalue weighted by Gasteiger charge is -1.96. The van der Waals surface area contributed by atoms with E-state index in [1.807, 2.05) is 31.2 Å². The molecule has 1 aromatic carbocycles. The molecule has 0 spiro atoms. The molecule has 19 heavy (non-hydrogen) atoms. The van der Waals surface area contributed by atoms with E-state index in [2.05, 4.69) is 15.2 Å². The van der Waals surface area contributed by atoms with Crippen molar-refractivity contribution < 1.29 is 4.42 Å². The van der Waals surface area contributed by atoms with Crippen LogP contribution in [0.1, 0.15) is 11.5 Å². The number of aryl methyl sites for hydroxylation is 1. The molecule has 1 aliphatic rings. The maximum atomic E-state index is 5.68. The first kappa shape index (κ1) is 12.7. The lowest BCUT2D eigenvalue weighted by atomic mass is 10.1. The van der Waals surface area contributed by atoms with Crippen molar-refractivity contribution in [1.82, 2.24) is 10.2 Å². The number of hydrogen-bond donors (Lipinski definition) is 0. The van der Waals surface area contributed by atoms with Gasteiger partial charge in [0.15, 0.2) is 0 Å². The van der Waals surface area contributed by atoms with Gasteiger partial charge in [-0.15, -0.1) is 10.2 Å². The second kappa shape index (κ2) is 5.79. The maximum Gasteiger partial charge on any atom is 0.247 e. The highest BCUT2D eigenvalue weighted by atomic mass is 32.2. The van der Waals surface area contributed by atoms with Crippen LogP contribution in [0.4, 0.5) is 0 Å². The summed E-state index contributed by atoms with van der Waals surface area (Å²) >= 11 is 3.46. The number of aliphatic imine (C=N–C) groups is 1. The zero-order valence-electron chi connectivity index (χ0n) is 10.5. The zero-order valence-corrected chi connectivity index (χ0v) is 12.1. The molecule has 0 amide bonds. The average Bonchev–Trinajstić information content (AvgIpc) is 3.08. The highest BCUT2D eigenvalue weighted by molar-refractivity contribution is 8.38. The Balaban J connectivity index is 1.69. The molecule has 4 nitrogen and oxygen atoms in total. The van der Waals surface area contributed by atoms with Gasteiger partial charge in [-0.25, -0.2) is 0 Å². The molecule has 2 heterocycles. The Morgan fingerprint density at radius 1 is 1.37 bits per heavy atom. The predicted octanol–water partition coefficient (Wildman–Crippen LogP) is 3.38. The first-order valence-electron chi connectivity index (χ1n) is 6.01. The first-order chi connectivity index (χ1) is 9.31. The molecule has 0 fully saturated rings. The van der Waals surface area contributed by atoms with E-state index in [4.69, 9.17) is 4.42 Å². The van der Waals surface area contributed by atoms with Gasteiger partial charge in [0.05, 0.1) is 12.3 Å². The Labute approximate surface area is 120 Å². The van der Waals surface area contributed by atoms with Crippen LogP contribution in [0.3, 0.4) is 0 Å². The number of hydrogen-bond acceptors (Lipinski definition) is 6. The van der Waals surface area contributed by atoms with Crippen LogP contribution in [0.15, 0.2) is 33.7 Å². The number of benzene rings is 1. The van der Waals surface area contributed by atoms with Crippen molar-refractivity contribution in [2.75, 3.05) is 12.3 Å². The molecule has 98 valence electrons. The molecule has 0 saturated heterocycles. The molecule has 1 aliphatic heterocycles. The van der Waals surface area contributed by atoms with E-state index in [0.717, 1.165) is 22.2 Å². The molecule has 6 heteroatoms. The van der Waals surface area contributed by atoms with Crippen molar-refractivity contribution in [3.8, 4) is 11.5 Å². The molecule has 0 radical (unpaired) electrons. The summed E-state index contributed by atoms with van der Waals surface area (Å²) in [6.07, 6.45) is 0. The number of aromatic nitrogens is 2. The molecule has 0 saturated carbocycles. The monoisotopic (exact) mass is 291 g/mol. The van der Waals surface area contributed by atoms with Gasteiger partial charge in [-0.1, -0.05) is 41.2 Å². The molecule has 0 N–H and O–H groups in total. The summed E-state index contributed by atoms with van der Waals surface area (Å²) in [5, 5.41) is 8.18. The summed E-state index contributed by atoms with van der Waals surface area (Å²) in [6.45, 7) is 2.97. The second-order valence-corrected chi connectivity index (χ2v) is 6.46. The van der Waals surface area contributed by atoms with Crippen molar-refractivity contribution in [2.24, 2.45) is 4.99 Å². The standard InChI is InChI=1S/C13H13N3OS2/c1-9-3-2-4-10(7-9)12-16-15-11(17-12)8-19-13-14-5-6-18-13/h2-4,7H,5-6,8H2,1H3. The summed E-state index contributed by atoms with van der Waals surface area (Å²) < 4.78 is 6.80. The Hall–Kier alpha value is -1.27. The van der Waals surface area contributed by atoms with E-state index >= 15 is 0 Å². The Bertz CT molecular complexity index is 609. The minimum absolute atomic E-state index is 0.584. The fourth-order valence-corrected chi connectivity index (χ4v) is 3.58. The van der Waals surface area contributed by atoms with Crippen LogP contribution in [0.5, 0.6) is 0 Å². The maximum absolute atomic E-state index is 5.68. The minimum Gasteiger partial charge on any atom is -0.420 e. The van der Waals surface area contributed by atoms with Crippen molar-refractivity contribution >= 4 is 27.9 Å². The third-order valence-electron chi connectivity index (χ3n) is 2.61. The van der Waals surface area contributed by atoms with Crippen LogP contribution in [-0.2, 0) is 5.75 Å². The van der Waals surface area contributed by atoms with Gasteiger partial charge in [-0.3, -0.25) is 4.99 Å². The van der Waals surface area contributed by atoms with E-state index in [9.17, 15) is 0 Å². The molecule has 0 bridgehead atoms. The van der Waals surface area contributed by atoms with Crippen LogP contribution in [0.2, 0.25) is 0 Å². The topological polar surface area (TPSA) is 51.3 Å². The van der Waals surface area contributed by atoms with Crippen molar-refractivity contribution in [1.29, 1.82) is 0 Å². The predicted molar refractivity (Wildman–Crippen MR) is 80.5 cm³/mol. The summed E-state index contributed by atoms with van der Waals surface area (Å²) in [7, 11) is 0. The summed E-state index contributed by atoms with van der Waals surface area (Å²) in [5.74, 6) is 3.00. The Morgan fingerprint density at radius 2 is 2.32 bits per heavy atom. The van der Waals surface area contributed by atoms with E-state index in [-0.39, 0.29) is 0 Å². The van der Waals surface area contributed by atoms with Crippen LogP contribution in [-0.4, -0.2) is 26.9 Å². The number of rotatable bonds is 3. The van der Waals surface area contributed by atoms with Gasteiger partial charge in [0.2, 0.25) is 11.8 Å². The van der Waals surface area contributed by atoms with Gasteiger partial charge < -0.3 is 4.42 Å². The summed E-state index contributed by atoms with van der Waals surface area (Å²) in [4.78, 5) is 4.38. The molecule has 3 rings (SSSR count). The normalized spacial score (nSPS) is 14.7. The van der Waals surface area contributed by atoms with Gasteiger partial charge in [0.1, 0.15) is 4.38 Å². The molecule has 0 atom stereocenters. The van der Waals surface area contributed by atoms with Crippen LogP contribution >= 0.6 is 23.5 Å². The molecule has 2 aromatic rings. The fraction of sp³-hybridized carbons (Fsp3) is 0.308. The number of thioether (sulfide) groups is 2. The van der Waals surface area contributed by atoms with Crippen LogP contribution < -0.4 is 0 Å². The third-order valence-corrected chi connectivity index (χ3v) is 4.85. The lowest BCUT2D eigenvalue weighted by molar-refractivity contribution is 0.529. The Morgan fingerprint density at radius 3 is 3.11 bits per heavy atom. The van der Waals surface area contributed by atoms with Gasteiger partial charge in [-0.2, -0.15) is 0 Å². The molecule has 0 aliphatic carbocycles. The van der Waals surface area contributed by atoms with Crippen LogP contribution in [0.25, 0.3) is 11.5 Å². The lowest BCUT2D eigenvalue weighted by Crippen LogP contribution is -1.84. The van der Waals surface area contributed by atoms with Crippen molar-refractivity contribution in [2.45, 2.75) is 12.7 Å². The van der Waals surface area contributed by atoms with Gasteiger partial charge in [-0.05, 0) is 19.1 Å². The first-order valence-corrected chi connectivity index (χ1v) is 7.98. The van der Waals surface area contributed by atoms with E-state index in [0.29, 0.717) is 17.5 Å². The van der Waals surface area contributed by atoms with Crippen molar-refractivity contribution in [3.63, 3.8) is 0 Å². The molecule has 0 unspecified atom stereocenters. The second-order valence-electron chi connectivity index (χ2n) is 4.16. The molecular weight excluding hydrogens is 278 g/mol. The van der Waals surface area contributed by atoms with E-state index < -0.39 is 0 Å². The largest absolute Gasteiger partial charge is 0.420 e. The van der Waals surface area contributed by atoms with Crippen LogP contribution in [0, 0.1) is 6.92 Å². The van der Waals surface area contributed by atoms with Gasteiger partial charge >= 0.3 is 0 Å². The number of nitrogens with zero attached hydrogens (tertiary/aromatic N) is 3.